The van der Waals surface area contributed by atoms with Gasteiger partial charge in [0, 0.05) is 0 Å². The van der Waals surface area contributed by atoms with Crippen molar-refractivity contribution in [3.05, 3.63) is 0 Å². The predicted octanol–water partition coefficient (Wildman–Crippen LogP) is -9.75. The zero-order valence-corrected chi connectivity index (χ0v) is 11.6. The standard InChI is InChI=1S/C6H10O8.Ca.4H2O/c7-1(3(9)5(11)12)2(8)4(10)6(13)14;;;;;/h1-4,7-10H,(H,11,12)(H,13,14);;4*1H2/q;+2;;;;/p-2/t1-,2+,3-,4-;;;;;/m1...../s1. The summed E-state index contributed by atoms with van der Waals surface area (Å²) in [6.45, 7) is 0. The molecule has 12 N–H and O–H groups in total. The Bertz CT molecular complexity index is 210. The Hall–Kier alpha value is -0.120. The molecule has 0 aliphatic rings. The van der Waals surface area contributed by atoms with Crippen LogP contribution in [0.3, 0.4) is 0 Å². The molecule has 12 nitrogen and oxygen atoms in total. The van der Waals surface area contributed by atoms with Gasteiger partial charge in [-0.05, 0) is 0 Å². The number of carbonyl (C=O) groups excluding carboxylic acids is 2. The van der Waals surface area contributed by atoms with Gasteiger partial charge < -0.3 is 62.1 Å². The Morgan fingerprint density at radius 2 is 0.842 bits per heavy atom. The Morgan fingerprint density at radius 1 is 0.684 bits per heavy atom. The first-order valence-corrected chi connectivity index (χ1v) is 3.43. The zero-order chi connectivity index (χ0) is 11.5. The summed E-state index contributed by atoms with van der Waals surface area (Å²) in [5, 5.41) is 54.7. The second-order valence-electron chi connectivity index (χ2n) is 2.51. The fourth-order valence-corrected chi connectivity index (χ4v) is 0.652. The number of aliphatic hydroxyl groups excluding tert-OH is 4. The van der Waals surface area contributed by atoms with Gasteiger partial charge in [0.15, 0.2) is 0 Å². The third-order valence-corrected chi connectivity index (χ3v) is 1.48. The second kappa shape index (κ2) is 15.9. The van der Waals surface area contributed by atoms with Crippen molar-refractivity contribution in [2.45, 2.75) is 24.4 Å². The van der Waals surface area contributed by atoms with E-state index < -0.39 is 36.4 Å². The van der Waals surface area contributed by atoms with Crippen molar-refractivity contribution in [3.63, 3.8) is 0 Å². The van der Waals surface area contributed by atoms with Crippen LogP contribution in [0.2, 0.25) is 0 Å². The fourth-order valence-electron chi connectivity index (χ4n) is 0.652. The summed E-state index contributed by atoms with van der Waals surface area (Å²) in [5.74, 6) is -4.22. The van der Waals surface area contributed by atoms with Gasteiger partial charge in [-0.2, -0.15) is 0 Å². The third kappa shape index (κ3) is 11.4. The van der Waals surface area contributed by atoms with Crippen LogP contribution in [0.25, 0.3) is 0 Å². The van der Waals surface area contributed by atoms with Crippen LogP contribution in [0.1, 0.15) is 0 Å². The molecule has 0 aliphatic carbocycles. The number of rotatable bonds is 5. The topological polar surface area (TPSA) is 287 Å². The van der Waals surface area contributed by atoms with Gasteiger partial charge in [-0.15, -0.1) is 0 Å². The van der Waals surface area contributed by atoms with E-state index in [1.807, 2.05) is 0 Å². The summed E-state index contributed by atoms with van der Waals surface area (Å²) < 4.78 is 0. The van der Waals surface area contributed by atoms with Crippen LogP contribution in [0.15, 0.2) is 0 Å². The molecule has 0 aromatic heterocycles. The summed E-state index contributed by atoms with van der Waals surface area (Å²) in [6, 6.07) is 0. The number of aliphatic hydroxyl groups is 4. The van der Waals surface area contributed by atoms with Gasteiger partial charge in [0.05, 0.1) is 11.9 Å². The third-order valence-electron chi connectivity index (χ3n) is 1.48. The number of carboxylic acid groups (broad SMARTS) is 2. The molecular formula is C6H16CaO12. The average molecular weight is 320 g/mol. The van der Waals surface area contributed by atoms with E-state index in [9.17, 15) is 19.8 Å². The van der Waals surface area contributed by atoms with Crippen LogP contribution in [0, 0.1) is 0 Å². The number of hydrogen-bond donors (Lipinski definition) is 4. The molecule has 19 heavy (non-hydrogen) atoms. The van der Waals surface area contributed by atoms with E-state index in [0.29, 0.717) is 0 Å². The van der Waals surface area contributed by atoms with Gasteiger partial charge in [0.2, 0.25) is 0 Å². The van der Waals surface area contributed by atoms with E-state index in [0.717, 1.165) is 0 Å². The summed E-state index contributed by atoms with van der Waals surface area (Å²) in [5.41, 5.74) is 0. The predicted molar refractivity (Wildman–Crippen MR) is 54.3 cm³/mol. The van der Waals surface area contributed by atoms with E-state index in [4.69, 9.17) is 20.4 Å². The summed E-state index contributed by atoms with van der Waals surface area (Å²) in [4.78, 5) is 19.9. The van der Waals surface area contributed by atoms with E-state index in [2.05, 4.69) is 0 Å². The molecule has 0 unspecified atom stereocenters. The van der Waals surface area contributed by atoms with Crippen LogP contribution in [0.5, 0.6) is 0 Å². The van der Waals surface area contributed by atoms with Gasteiger partial charge in [-0.3, -0.25) is 0 Å². The maximum atomic E-state index is 9.96. The molecule has 0 bridgehead atoms. The Kier molecular flexibility index (Phi) is 30.5. The molecule has 13 heteroatoms. The molecule has 0 saturated heterocycles. The summed E-state index contributed by atoms with van der Waals surface area (Å²) >= 11 is 0. The quantitative estimate of drug-likeness (QED) is 0.351. The van der Waals surface area contributed by atoms with Crippen LogP contribution in [-0.2, 0) is 9.59 Å². The van der Waals surface area contributed by atoms with Crippen molar-refractivity contribution in [3.8, 4) is 0 Å². The zero-order valence-electron chi connectivity index (χ0n) is 9.44. The molecule has 0 spiro atoms. The SMILES string of the molecule is O.O.O.O.O=C([O-])[C@H](O)[C@H](O)[C@H](O)[C@@H](O)C(=O)[O-].[Ca+2]. The molecular weight excluding hydrogens is 304 g/mol. The normalized spacial score (nSPS) is 14.3. The first kappa shape index (κ1) is 36.4. The van der Waals surface area contributed by atoms with Gasteiger partial charge >= 0.3 is 37.7 Å². The van der Waals surface area contributed by atoms with Crippen molar-refractivity contribution < 1.29 is 62.1 Å². The number of hydrogen-bond acceptors (Lipinski definition) is 8. The smallest absolute Gasteiger partial charge is 0.547 e. The van der Waals surface area contributed by atoms with E-state index >= 15 is 0 Å². The van der Waals surface area contributed by atoms with Gasteiger partial charge in [-0.1, -0.05) is 0 Å². The Labute approximate surface area is 136 Å². The molecule has 0 rings (SSSR count). The first-order chi connectivity index (χ1) is 6.29. The van der Waals surface area contributed by atoms with Gasteiger partial charge in [-0.25, -0.2) is 0 Å². The molecule has 0 aromatic rings. The minimum atomic E-state index is -2.50. The Balaban J connectivity index is -0.0000000845. The molecule has 0 aliphatic heterocycles. The van der Waals surface area contributed by atoms with Crippen molar-refractivity contribution in [1.29, 1.82) is 0 Å². The molecule has 0 radical (unpaired) electrons. The maximum absolute atomic E-state index is 9.96. The van der Waals surface area contributed by atoms with E-state index in [1.165, 1.54) is 0 Å². The van der Waals surface area contributed by atoms with Crippen molar-refractivity contribution in [1.82, 2.24) is 0 Å². The largest absolute Gasteiger partial charge is 2.00 e. The monoisotopic (exact) mass is 320 g/mol. The molecule has 0 amide bonds. The molecule has 0 heterocycles. The van der Waals surface area contributed by atoms with Crippen LogP contribution >= 0.6 is 0 Å². The number of carbonyl (C=O) groups is 2. The van der Waals surface area contributed by atoms with E-state index in [1.54, 1.807) is 0 Å². The molecule has 114 valence electrons. The van der Waals surface area contributed by atoms with Crippen LogP contribution in [0.4, 0.5) is 0 Å². The minimum absolute atomic E-state index is 0. The van der Waals surface area contributed by atoms with Crippen molar-refractivity contribution in [2.24, 2.45) is 0 Å². The van der Waals surface area contributed by atoms with Crippen molar-refractivity contribution >= 4 is 49.7 Å². The van der Waals surface area contributed by atoms with Gasteiger partial charge in [0.25, 0.3) is 0 Å². The average Bonchev–Trinajstić information content (AvgIpc) is 2.12. The number of carboxylic acids is 2. The molecule has 4 atom stereocenters. The maximum Gasteiger partial charge on any atom is 2.00 e. The fraction of sp³-hybridized carbons (Fsp3) is 0.667. The summed E-state index contributed by atoms with van der Waals surface area (Å²) in [6.07, 6.45) is -9.76. The van der Waals surface area contributed by atoms with E-state index in [-0.39, 0.29) is 59.6 Å². The van der Waals surface area contributed by atoms with Gasteiger partial charge in [0.1, 0.15) is 24.4 Å². The Morgan fingerprint density at radius 3 is 0.947 bits per heavy atom. The molecule has 0 aromatic carbocycles. The second-order valence-corrected chi connectivity index (χ2v) is 2.51. The summed E-state index contributed by atoms with van der Waals surface area (Å²) in [7, 11) is 0. The van der Waals surface area contributed by atoms with Crippen LogP contribution in [-0.4, -0.2) is 116 Å². The molecule has 0 saturated carbocycles. The first-order valence-electron chi connectivity index (χ1n) is 3.43. The number of aliphatic carboxylic acids is 2. The minimum Gasteiger partial charge on any atom is -0.547 e. The molecule has 0 fully saturated rings. The van der Waals surface area contributed by atoms with Crippen LogP contribution < -0.4 is 10.2 Å². The van der Waals surface area contributed by atoms with Crippen molar-refractivity contribution in [2.75, 3.05) is 0 Å².